The van der Waals surface area contributed by atoms with Crippen LogP contribution in [-0.4, -0.2) is 52.0 Å². The van der Waals surface area contributed by atoms with Crippen LogP contribution in [0.15, 0.2) is 0 Å². The van der Waals surface area contributed by atoms with E-state index >= 15 is 0 Å². The smallest absolute Gasteiger partial charge is 0.410 e. The maximum Gasteiger partial charge on any atom is 0.410 e. The number of aliphatic hydroxyl groups excluding tert-OH is 1. The van der Waals surface area contributed by atoms with E-state index in [1.54, 1.807) is 25.7 Å². The van der Waals surface area contributed by atoms with E-state index in [9.17, 15) is 14.7 Å². The van der Waals surface area contributed by atoms with E-state index in [1.165, 1.54) is 0 Å². The van der Waals surface area contributed by atoms with Gasteiger partial charge >= 0.3 is 12.1 Å². The predicted octanol–water partition coefficient (Wildman–Crippen LogP) is 1.47. The molecule has 0 bridgehead atoms. The molecule has 0 aromatic rings. The molecule has 0 saturated carbocycles. The minimum Gasteiger partial charge on any atom is -0.481 e. The summed E-state index contributed by atoms with van der Waals surface area (Å²) in [4.78, 5) is 24.0. The van der Waals surface area contributed by atoms with E-state index in [0.717, 1.165) is 12.8 Å². The van der Waals surface area contributed by atoms with Gasteiger partial charge < -0.3 is 19.8 Å². The predicted molar refractivity (Wildman–Crippen MR) is 68.8 cm³/mol. The van der Waals surface area contributed by atoms with E-state index in [-0.39, 0.29) is 12.3 Å². The van der Waals surface area contributed by atoms with Crippen LogP contribution < -0.4 is 0 Å². The van der Waals surface area contributed by atoms with Crippen molar-refractivity contribution in [2.75, 3.05) is 13.1 Å². The van der Waals surface area contributed by atoms with Gasteiger partial charge in [0.15, 0.2) is 0 Å². The summed E-state index contributed by atoms with van der Waals surface area (Å²) in [5.74, 6) is -1.22. The summed E-state index contributed by atoms with van der Waals surface area (Å²) in [5, 5.41) is 18.5. The van der Waals surface area contributed by atoms with Crippen molar-refractivity contribution < 1.29 is 24.5 Å². The molecule has 110 valence electrons. The van der Waals surface area contributed by atoms with Gasteiger partial charge in [-0.05, 0) is 33.6 Å². The Kier molecular flexibility index (Phi) is 5.17. The van der Waals surface area contributed by atoms with Gasteiger partial charge in [-0.2, -0.15) is 0 Å². The standard InChI is InChI=1S/C13H23NO5/c1-13(2,3)19-12(18)14-6-4-5-9(8-14)10(15)7-11(16)17/h9-10,15H,4-8H2,1-3H3,(H,16,17). The highest BCUT2D eigenvalue weighted by Crippen LogP contribution is 2.23. The summed E-state index contributed by atoms with van der Waals surface area (Å²) in [7, 11) is 0. The average molecular weight is 273 g/mol. The van der Waals surface area contributed by atoms with Crippen molar-refractivity contribution in [1.29, 1.82) is 0 Å². The zero-order valence-corrected chi connectivity index (χ0v) is 11.8. The van der Waals surface area contributed by atoms with Crippen molar-refractivity contribution in [2.45, 2.75) is 51.7 Å². The molecule has 1 rings (SSSR count). The van der Waals surface area contributed by atoms with Gasteiger partial charge in [-0.1, -0.05) is 0 Å². The number of nitrogens with zero attached hydrogens (tertiary/aromatic N) is 1. The van der Waals surface area contributed by atoms with Crippen LogP contribution in [0.25, 0.3) is 0 Å². The van der Waals surface area contributed by atoms with Gasteiger partial charge in [-0.3, -0.25) is 4.79 Å². The molecule has 1 aliphatic heterocycles. The molecule has 1 heterocycles. The molecule has 6 nitrogen and oxygen atoms in total. The number of hydrogen-bond donors (Lipinski definition) is 2. The van der Waals surface area contributed by atoms with Crippen molar-refractivity contribution in [3.63, 3.8) is 0 Å². The molecule has 0 radical (unpaired) electrons. The van der Waals surface area contributed by atoms with Crippen LogP contribution in [0.5, 0.6) is 0 Å². The second-order valence-corrected chi connectivity index (χ2v) is 5.99. The molecular formula is C13H23NO5. The zero-order valence-electron chi connectivity index (χ0n) is 11.8. The lowest BCUT2D eigenvalue weighted by Crippen LogP contribution is -2.45. The molecule has 1 aliphatic rings. The van der Waals surface area contributed by atoms with Crippen LogP contribution in [0.4, 0.5) is 4.79 Å². The van der Waals surface area contributed by atoms with Gasteiger partial charge in [0.05, 0.1) is 12.5 Å². The largest absolute Gasteiger partial charge is 0.481 e. The first-order valence-electron chi connectivity index (χ1n) is 6.57. The Balaban J connectivity index is 2.54. The summed E-state index contributed by atoms with van der Waals surface area (Å²) >= 11 is 0. The van der Waals surface area contributed by atoms with E-state index in [4.69, 9.17) is 9.84 Å². The van der Waals surface area contributed by atoms with Gasteiger partial charge in [0.25, 0.3) is 0 Å². The van der Waals surface area contributed by atoms with Crippen molar-refractivity contribution >= 4 is 12.1 Å². The zero-order chi connectivity index (χ0) is 14.6. The topological polar surface area (TPSA) is 87.1 Å². The van der Waals surface area contributed by atoms with E-state index < -0.39 is 23.8 Å². The summed E-state index contributed by atoms with van der Waals surface area (Å²) in [6.45, 7) is 6.33. The van der Waals surface area contributed by atoms with E-state index in [1.807, 2.05) is 0 Å². The molecule has 1 amide bonds. The molecule has 19 heavy (non-hydrogen) atoms. The Labute approximate surface area is 113 Å². The first-order chi connectivity index (χ1) is 8.69. The average Bonchev–Trinajstić information content (AvgIpc) is 2.26. The number of likely N-dealkylation sites (tertiary alicyclic amines) is 1. The molecule has 2 atom stereocenters. The summed E-state index contributed by atoms with van der Waals surface area (Å²) in [6.07, 6.45) is -0.122. The van der Waals surface area contributed by atoms with Crippen molar-refractivity contribution in [2.24, 2.45) is 5.92 Å². The number of hydrogen-bond acceptors (Lipinski definition) is 4. The SMILES string of the molecule is CC(C)(C)OC(=O)N1CCCC(C(O)CC(=O)O)C1. The van der Waals surface area contributed by atoms with Crippen molar-refractivity contribution in [1.82, 2.24) is 4.90 Å². The summed E-state index contributed by atoms with van der Waals surface area (Å²) < 4.78 is 5.28. The highest BCUT2D eigenvalue weighted by atomic mass is 16.6. The van der Waals surface area contributed by atoms with Crippen LogP contribution >= 0.6 is 0 Å². The lowest BCUT2D eigenvalue weighted by atomic mass is 9.91. The molecule has 0 aromatic heterocycles. The molecule has 0 aliphatic carbocycles. The number of aliphatic hydroxyl groups is 1. The third-order valence-electron chi connectivity index (χ3n) is 3.04. The molecule has 1 fully saturated rings. The fourth-order valence-corrected chi connectivity index (χ4v) is 2.16. The Morgan fingerprint density at radius 2 is 2.05 bits per heavy atom. The molecule has 2 N–H and O–H groups in total. The maximum absolute atomic E-state index is 11.9. The third kappa shape index (κ3) is 5.46. The highest BCUT2D eigenvalue weighted by Gasteiger charge is 2.31. The number of carboxylic acids is 1. The van der Waals surface area contributed by atoms with Gasteiger partial charge in [-0.15, -0.1) is 0 Å². The van der Waals surface area contributed by atoms with Gasteiger partial charge in [-0.25, -0.2) is 4.79 Å². The maximum atomic E-state index is 11.9. The second kappa shape index (κ2) is 6.23. The number of aliphatic carboxylic acids is 1. The monoisotopic (exact) mass is 273 g/mol. The third-order valence-corrected chi connectivity index (χ3v) is 3.04. The first-order valence-corrected chi connectivity index (χ1v) is 6.57. The molecule has 6 heteroatoms. The minimum absolute atomic E-state index is 0.197. The fraction of sp³-hybridized carbons (Fsp3) is 0.846. The Morgan fingerprint density at radius 3 is 2.58 bits per heavy atom. The molecule has 0 spiro atoms. The number of carbonyl (C=O) groups excluding carboxylic acids is 1. The van der Waals surface area contributed by atoms with Crippen LogP contribution in [0.1, 0.15) is 40.0 Å². The van der Waals surface area contributed by atoms with Crippen LogP contribution in [0, 0.1) is 5.92 Å². The molecular weight excluding hydrogens is 250 g/mol. The number of rotatable bonds is 3. The number of ether oxygens (including phenoxy) is 1. The summed E-state index contributed by atoms with van der Waals surface area (Å²) in [5.41, 5.74) is -0.552. The lowest BCUT2D eigenvalue weighted by Gasteiger charge is -2.35. The highest BCUT2D eigenvalue weighted by molar-refractivity contribution is 5.68. The number of amides is 1. The molecule has 1 saturated heterocycles. The fourth-order valence-electron chi connectivity index (χ4n) is 2.16. The quantitative estimate of drug-likeness (QED) is 0.813. The van der Waals surface area contributed by atoms with Gasteiger partial charge in [0.2, 0.25) is 0 Å². The van der Waals surface area contributed by atoms with Gasteiger partial charge in [0.1, 0.15) is 5.60 Å². The van der Waals surface area contributed by atoms with Crippen LogP contribution in [0.2, 0.25) is 0 Å². The van der Waals surface area contributed by atoms with Crippen LogP contribution in [0.3, 0.4) is 0 Å². The number of piperidine rings is 1. The van der Waals surface area contributed by atoms with E-state index in [0.29, 0.717) is 13.1 Å². The molecule has 0 aromatic carbocycles. The second-order valence-electron chi connectivity index (χ2n) is 5.99. The number of carboxylic acid groups (broad SMARTS) is 1. The Hall–Kier alpha value is -1.30. The van der Waals surface area contributed by atoms with E-state index in [2.05, 4.69) is 0 Å². The molecule has 2 unspecified atom stereocenters. The normalized spacial score (nSPS) is 21.9. The van der Waals surface area contributed by atoms with Crippen LogP contribution in [-0.2, 0) is 9.53 Å². The Morgan fingerprint density at radius 1 is 1.42 bits per heavy atom. The summed E-state index contributed by atoms with van der Waals surface area (Å²) in [6, 6.07) is 0. The van der Waals surface area contributed by atoms with Crippen molar-refractivity contribution in [3.8, 4) is 0 Å². The van der Waals surface area contributed by atoms with Crippen molar-refractivity contribution in [3.05, 3.63) is 0 Å². The minimum atomic E-state index is -1.03. The number of carbonyl (C=O) groups is 2. The first kappa shape index (κ1) is 15.8. The lowest BCUT2D eigenvalue weighted by molar-refractivity contribution is -0.140. The van der Waals surface area contributed by atoms with Gasteiger partial charge in [0, 0.05) is 19.0 Å². The Bertz CT molecular complexity index is 336.